The second-order valence-corrected chi connectivity index (χ2v) is 3.07. The number of halogens is 3. The molecule has 80 valence electrons. The maximum Gasteiger partial charge on any atom is 0.414 e. The molecule has 2 atom stereocenters. The molecule has 0 rings (SSSR count). The Morgan fingerprint density at radius 1 is 1.38 bits per heavy atom. The summed E-state index contributed by atoms with van der Waals surface area (Å²) in [6, 6.07) is -0.296. The van der Waals surface area contributed by atoms with E-state index in [0.29, 0.717) is 6.42 Å². The van der Waals surface area contributed by atoms with Gasteiger partial charge in [0.15, 0.2) is 6.10 Å². The van der Waals surface area contributed by atoms with Crippen LogP contribution in [0, 0.1) is 0 Å². The third-order valence-electron chi connectivity index (χ3n) is 1.68. The van der Waals surface area contributed by atoms with Crippen LogP contribution in [0.15, 0.2) is 0 Å². The minimum atomic E-state index is -4.29. The van der Waals surface area contributed by atoms with E-state index in [9.17, 15) is 13.2 Å². The van der Waals surface area contributed by atoms with Crippen LogP contribution in [0.3, 0.4) is 0 Å². The summed E-state index contributed by atoms with van der Waals surface area (Å²) in [6.07, 6.45) is -4.48. The van der Waals surface area contributed by atoms with Crippen LogP contribution in [0.2, 0.25) is 0 Å². The number of hydrogen-bond acceptors (Lipinski definition) is 2. The van der Waals surface area contributed by atoms with Gasteiger partial charge >= 0.3 is 6.18 Å². The van der Waals surface area contributed by atoms with Crippen molar-refractivity contribution in [2.24, 2.45) is 5.73 Å². The topological polar surface area (TPSA) is 35.2 Å². The fourth-order valence-corrected chi connectivity index (χ4v) is 0.817. The van der Waals surface area contributed by atoms with E-state index < -0.39 is 12.3 Å². The quantitative estimate of drug-likeness (QED) is 0.735. The lowest BCUT2D eigenvalue weighted by Gasteiger charge is -2.18. The Labute approximate surface area is 76.2 Å². The van der Waals surface area contributed by atoms with Crippen LogP contribution >= 0.6 is 0 Å². The third kappa shape index (κ3) is 5.87. The number of alkyl halides is 3. The molecule has 0 heterocycles. The van der Waals surface area contributed by atoms with Gasteiger partial charge in [-0.3, -0.25) is 0 Å². The smallest absolute Gasteiger partial charge is 0.367 e. The third-order valence-corrected chi connectivity index (χ3v) is 1.68. The molecule has 0 aromatic heterocycles. The largest absolute Gasteiger partial charge is 0.414 e. The summed E-state index contributed by atoms with van der Waals surface area (Å²) in [7, 11) is 0. The van der Waals surface area contributed by atoms with Crippen molar-refractivity contribution in [1.29, 1.82) is 0 Å². The monoisotopic (exact) mass is 199 g/mol. The number of rotatable bonds is 5. The van der Waals surface area contributed by atoms with E-state index >= 15 is 0 Å². The summed E-state index contributed by atoms with van der Waals surface area (Å²) >= 11 is 0. The maximum absolute atomic E-state index is 11.9. The molecule has 2 unspecified atom stereocenters. The van der Waals surface area contributed by atoms with Gasteiger partial charge in [-0.2, -0.15) is 13.2 Å². The van der Waals surface area contributed by atoms with E-state index in [2.05, 4.69) is 4.74 Å². The van der Waals surface area contributed by atoms with Gasteiger partial charge < -0.3 is 10.5 Å². The summed E-state index contributed by atoms with van der Waals surface area (Å²) in [5.74, 6) is 0. The molecular formula is C8H16F3NO. The second-order valence-electron chi connectivity index (χ2n) is 3.07. The first-order chi connectivity index (χ1) is 5.88. The van der Waals surface area contributed by atoms with Crippen LogP contribution in [0.25, 0.3) is 0 Å². The highest BCUT2D eigenvalue weighted by Crippen LogP contribution is 2.22. The van der Waals surface area contributed by atoms with Crippen molar-refractivity contribution in [1.82, 2.24) is 0 Å². The standard InChI is InChI=1S/C8H16F3NO/c1-3-4-7(12)5-13-6(2)8(9,10)11/h6-7H,3-5,12H2,1-2H3. The normalized spacial score (nSPS) is 17.1. The number of ether oxygens (including phenoxy) is 1. The van der Waals surface area contributed by atoms with E-state index in [4.69, 9.17) is 5.73 Å². The maximum atomic E-state index is 11.9. The molecule has 2 nitrogen and oxygen atoms in total. The fraction of sp³-hybridized carbons (Fsp3) is 1.00. The van der Waals surface area contributed by atoms with Crippen molar-refractivity contribution in [3.05, 3.63) is 0 Å². The van der Waals surface area contributed by atoms with E-state index in [-0.39, 0.29) is 12.6 Å². The summed E-state index contributed by atoms with van der Waals surface area (Å²) in [6.45, 7) is 2.88. The zero-order valence-electron chi connectivity index (χ0n) is 7.90. The predicted molar refractivity (Wildman–Crippen MR) is 44.4 cm³/mol. The van der Waals surface area contributed by atoms with Gasteiger partial charge in [-0.05, 0) is 13.3 Å². The molecule has 0 aliphatic carbocycles. The van der Waals surface area contributed by atoms with Gasteiger partial charge in [0.1, 0.15) is 0 Å². The number of nitrogens with two attached hydrogens (primary N) is 1. The lowest BCUT2D eigenvalue weighted by molar-refractivity contribution is -0.215. The van der Waals surface area contributed by atoms with Crippen molar-refractivity contribution in [3.8, 4) is 0 Å². The highest BCUT2D eigenvalue weighted by molar-refractivity contribution is 4.64. The molecule has 5 heteroatoms. The van der Waals surface area contributed by atoms with Crippen LogP contribution in [0.1, 0.15) is 26.7 Å². The van der Waals surface area contributed by atoms with Gasteiger partial charge in [-0.25, -0.2) is 0 Å². The molecule has 0 saturated heterocycles. The Bertz CT molecular complexity index is 138. The first-order valence-electron chi connectivity index (χ1n) is 4.31. The van der Waals surface area contributed by atoms with Gasteiger partial charge in [-0.15, -0.1) is 0 Å². The van der Waals surface area contributed by atoms with Crippen molar-refractivity contribution in [3.63, 3.8) is 0 Å². The van der Waals surface area contributed by atoms with E-state index in [1.54, 1.807) is 0 Å². The zero-order valence-corrected chi connectivity index (χ0v) is 7.90. The highest BCUT2D eigenvalue weighted by Gasteiger charge is 2.36. The lowest BCUT2D eigenvalue weighted by Crippen LogP contribution is -2.34. The molecule has 0 fully saturated rings. The molecule has 0 aliphatic heterocycles. The predicted octanol–water partition coefficient (Wildman–Crippen LogP) is 2.08. The molecule has 0 amide bonds. The van der Waals surface area contributed by atoms with Gasteiger partial charge in [0.2, 0.25) is 0 Å². The van der Waals surface area contributed by atoms with E-state index in [0.717, 1.165) is 13.3 Å². The van der Waals surface area contributed by atoms with Crippen LogP contribution in [0.5, 0.6) is 0 Å². The average Bonchev–Trinajstić information content (AvgIpc) is 1.99. The van der Waals surface area contributed by atoms with Gasteiger partial charge in [-0.1, -0.05) is 13.3 Å². The van der Waals surface area contributed by atoms with Crippen LogP contribution in [-0.4, -0.2) is 24.9 Å². The van der Waals surface area contributed by atoms with Crippen molar-refractivity contribution < 1.29 is 17.9 Å². The van der Waals surface area contributed by atoms with Gasteiger partial charge in [0.25, 0.3) is 0 Å². The molecule has 0 aromatic rings. The first-order valence-corrected chi connectivity index (χ1v) is 4.31. The molecular weight excluding hydrogens is 183 g/mol. The van der Waals surface area contributed by atoms with Crippen molar-refractivity contribution in [2.45, 2.75) is 45.0 Å². The summed E-state index contributed by atoms with van der Waals surface area (Å²) in [5, 5.41) is 0. The summed E-state index contributed by atoms with van der Waals surface area (Å²) in [4.78, 5) is 0. The van der Waals surface area contributed by atoms with Gasteiger partial charge in [0, 0.05) is 6.04 Å². The lowest BCUT2D eigenvalue weighted by atomic mass is 10.2. The Morgan fingerprint density at radius 2 is 1.92 bits per heavy atom. The fourth-order valence-electron chi connectivity index (χ4n) is 0.817. The van der Waals surface area contributed by atoms with Crippen molar-refractivity contribution >= 4 is 0 Å². The molecule has 0 bridgehead atoms. The molecule has 0 aromatic carbocycles. The molecule has 0 radical (unpaired) electrons. The minimum absolute atomic E-state index is 0.0332. The van der Waals surface area contributed by atoms with Crippen molar-refractivity contribution in [2.75, 3.05) is 6.61 Å². The summed E-state index contributed by atoms with van der Waals surface area (Å²) < 4.78 is 40.3. The molecule has 0 saturated carbocycles. The molecule has 13 heavy (non-hydrogen) atoms. The van der Waals surface area contributed by atoms with E-state index in [1.807, 2.05) is 6.92 Å². The zero-order chi connectivity index (χ0) is 10.5. The minimum Gasteiger partial charge on any atom is -0.367 e. The average molecular weight is 199 g/mol. The highest BCUT2D eigenvalue weighted by atomic mass is 19.4. The Balaban J connectivity index is 3.63. The Hall–Kier alpha value is -0.290. The van der Waals surface area contributed by atoms with Crippen LogP contribution in [0.4, 0.5) is 13.2 Å². The Morgan fingerprint density at radius 3 is 2.31 bits per heavy atom. The SMILES string of the molecule is CCCC(N)COC(C)C(F)(F)F. The second kappa shape index (κ2) is 5.44. The molecule has 2 N–H and O–H groups in total. The van der Waals surface area contributed by atoms with Crippen LogP contribution in [-0.2, 0) is 4.74 Å². The van der Waals surface area contributed by atoms with Crippen LogP contribution < -0.4 is 5.73 Å². The Kier molecular flexibility index (Phi) is 5.32. The first kappa shape index (κ1) is 12.7. The molecule has 0 spiro atoms. The molecule has 0 aliphatic rings. The summed E-state index contributed by atoms with van der Waals surface area (Å²) in [5.41, 5.74) is 5.48. The van der Waals surface area contributed by atoms with E-state index in [1.165, 1.54) is 0 Å². The number of hydrogen-bond donors (Lipinski definition) is 1. The van der Waals surface area contributed by atoms with Gasteiger partial charge in [0.05, 0.1) is 6.61 Å².